The zero-order valence-electron chi connectivity index (χ0n) is 19.2. The molecule has 8 heteroatoms. The van der Waals surface area contributed by atoms with Crippen LogP contribution < -0.4 is 5.73 Å². The lowest BCUT2D eigenvalue weighted by Crippen LogP contribution is -2.21. The molecule has 1 aromatic carbocycles. The lowest BCUT2D eigenvalue weighted by molar-refractivity contribution is 0.0440. The first kappa shape index (κ1) is 27.8. The number of benzene rings is 1. The number of carbonyl (C=O) groups is 2. The number of nitrogen functional groups attached to an aromatic ring is 1. The molecule has 0 aliphatic heterocycles. The van der Waals surface area contributed by atoms with Crippen LogP contribution >= 0.6 is 0 Å². The molecule has 0 spiro atoms. The second-order valence-electron chi connectivity index (χ2n) is 7.91. The molecule has 0 heterocycles. The molecule has 0 aromatic heterocycles. The Bertz CT molecular complexity index is 680. The molecule has 1 aromatic rings. The maximum atomic E-state index is 14.5. The Morgan fingerprint density at radius 1 is 0.625 bits per heavy atom. The van der Waals surface area contributed by atoms with Crippen LogP contribution in [0.1, 0.15) is 112 Å². The van der Waals surface area contributed by atoms with E-state index in [2.05, 4.69) is 13.8 Å². The van der Waals surface area contributed by atoms with Crippen molar-refractivity contribution in [3.8, 4) is 0 Å². The normalized spacial score (nSPS) is 10.9. The summed E-state index contributed by atoms with van der Waals surface area (Å²) in [5.41, 5.74) is 1.92. The molecule has 32 heavy (non-hydrogen) atoms. The molecule has 182 valence electrons. The van der Waals surface area contributed by atoms with Gasteiger partial charge in [0.05, 0.1) is 13.2 Å². The maximum absolute atomic E-state index is 14.5. The first-order valence-corrected chi connectivity index (χ1v) is 11.7. The number of hydrogen-bond acceptors (Lipinski definition) is 5. The Morgan fingerprint density at radius 2 is 1.00 bits per heavy atom. The van der Waals surface area contributed by atoms with Gasteiger partial charge in [-0.1, -0.05) is 78.1 Å². The number of nitrogens with two attached hydrogens (primary N) is 1. The molecule has 0 aliphatic rings. The first-order chi connectivity index (χ1) is 15.4. The van der Waals surface area contributed by atoms with Crippen molar-refractivity contribution in [3.05, 3.63) is 28.6 Å². The van der Waals surface area contributed by atoms with Gasteiger partial charge < -0.3 is 15.2 Å². The lowest BCUT2D eigenvalue weighted by Gasteiger charge is -2.14. The zero-order chi connectivity index (χ0) is 23.9. The van der Waals surface area contributed by atoms with Crippen LogP contribution in [0.3, 0.4) is 0 Å². The second-order valence-corrected chi connectivity index (χ2v) is 7.91. The van der Waals surface area contributed by atoms with Gasteiger partial charge in [-0.15, -0.1) is 0 Å². The van der Waals surface area contributed by atoms with Crippen LogP contribution in [-0.4, -0.2) is 25.2 Å². The van der Waals surface area contributed by atoms with Crippen molar-refractivity contribution in [2.45, 2.75) is 90.9 Å². The van der Waals surface area contributed by atoms with Gasteiger partial charge in [-0.05, 0) is 12.8 Å². The van der Waals surface area contributed by atoms with Gasteiger partial charge in [-0.2, -0.15) is 0 Å². The number of esters is 2. The van der Waals surface area contributed by atoms with E-state index in [1.807, 2.05) is 0 Å². The number of halogens is 3. The fourth-order valence-corrected chi connectivity index (χ4v) is 3.30. The summed E-state index contributed by atoms with van der Waals surface area (Å²) in [5.74, 6) is -7.57. The van der Waals surface area contributed by atoms with Crippen molar-refractivity contribution in [1.82, 2.24) is 0 Å². The Morgan fingerprint density at radius 3 is 1.44 bits per heavy atom. The third kappa shape index (κ3) is 8.71. The average Bonchev–Trinajstić information content (AvgIpc) is 2.78. The molecule has 2 N–H and O–H groups in total. The fourth-order valence-electron chi connectivity index (χ4n) is 3.30. The largest absolute Gasteiger partial charge is 0.462 e. The van der Waals surface area contributed by atoms with Gasteiger partial charge in [0.1, 0.15) is 16.8 Å². The maximum Gasteiger partial charge on any atom is 0.342 e. The number of ether oxygens (including phenoxy) is 2. The monoisotopic (exact) mass is 459 g/mol. The number of rotatable bonds is 16. The van der Waals surface area contributed by atoms with Crippen LogP contribution in [0.15, 0.2) is 0 Å². The number of anilines is 1. The van der Waals surface area contributed by atoms with Gasteiger partial charge in [0.2, 0.25) is 0 Å². The van der Waals surface area contributed by atoms with Crippen LogP contribution in [0.5, 0.6) is 0 Å². The summed E-state index contributed by atoms with van der Waals surface area (Å²) in [6.45, 7) is 4.11. The van der Waals surface area contributed by atoms with Gasteiger partial charge in [0.15, 0.2) is 17.5 Å². The van der Waals surface area contributed by atoms with E-state index >= 15 is 0 Å². The molecule has 5 nitrogen and oxygen atoms in total. The van der Waals surface area contributed by atoms with Crippen LogP contribution in [0.4, 0.5) is 18.9 Å². The van der Waals surface area contributed by atoms with Gasteiger partial charge in [0.25, 0.3) is 0 Å². The minimum Gasteiger partial charge on any atom is -0.462 e. The summed E-state index contributed by atoms with van der Waals surface area (Å²) in [7, 11) is 0. The topological polar surface area (TPSA) is 78.6 Å². The van der Waals surface area contributed by atoms with Crippen molar-refractivity contribution < 1.29 is 32.2 Å². The van der Waals surface area contributed by atoms with Crippen molar-refractivity contribution in [2.24, 2.45) is 0 Å². The lowest BCUT2D eigenvalue weighted by atomic mass is 10.0. The molecule has 1 rings (SSSR count). The number of hydrogen-bond donors (Lipinski definition) is 1. The highest BCUT2D eigenvalue weighted by Gasteiger charge is 2.33. The highest BCUT2D eigenvalue weighted by atomic mass is 19.2. The standard InChI is InChI=1S/C24H36F3NO4/c1-3-5-7-9-11-13-15-31-23(29)17-18(20(26)22(28)21(27)19(17)25)24(30)32-16-14-12-10-8-6-4-2/h3-16,28H2,1-2H3. The summed E-state index contributed by atoms with van der Waals surface area (Å²) in [6, 6.07) is 0. The number of carbonyl (C=O) groups excluding carboxylic acids is 2. The molecular weight excluding hydrogens is 423 g/mol. The van der Waals surface area contributed by atoms with E-state index in [9.17, 15) is 22.8 Å². The third-order valence-electron chi connectivity index (χ3n) is 5.22. The van der Waals surface area contributed by atoms with E-state index in [4.69, 9.17) is 15.2 Å². The van der Waals surface area contributed by atoms with Crippen molar-refractivity contribution >= 4 is 17.6 Å². The van der Waals surface area contributed by atoms with E-state index in [0.717, 1.165) is 64.2 Å². The molecule has 0 radical (unpaired) electrons. The summed E-state index contributed by atoms with van der Waals surface area (Å²) in [6.07, 6.45) is 11.1. The molecule has 0 bridgehead atoms. The smallest absolute Gasteiger partial charge is 0.342 e. The Kier molecular flexibility index (Phi) is 13.5. The summed E-state index contributed by atoms with van der Waals surface area (Å²) in [5, 5.41) is 0. The van der Waals surface area contributed by atoms with Crippen LogP contribution in [0.2, 0.25) is 0 Å². The first-order valence-electron chi connectivity index (χ1n) is 11.7. The van der Waals surface area contributed by atoms with Crippen molar-refractivity contribution in [2.75, 3.05) is 18.9 Å². The highest BCUT2D eigenvalue weighted by molar-refractivity contribution is 6.04. The van der Waals surface area contributed by atoms with Gasteiger partial charge in [-0.3, -0.25) is 0 Å². The molecule has 0 fully saturated rings. The minimum absolute atomic E-state index is 0.0322. The van der Waals surface area contributed by atoms with Crippen LogP contribution in [0, 0.1) is 17.5 Å². The highest BCUT2D eigenvalue weighted by Crippen LogP contribution is 2.28. The molecule has 0 unspecified atom stereocenters. The minimum atomic E-state index is -1.73. The predicted octanol–water partition coefficient (Wildman–Crippen LogP) is 6.72. The summed E-state index contributed by atoms with van der Waals surface area (Å²) >= 11 is 0. The van der Waals surface area contributed by atoms with Crippen LogP contribution in [0.25, 0.3) is 0 Å². The summed E-state index contributed by atoms with van der Waals surface area (Å²) in [4.78, 5) is 24.8. The van der Waals surface area contributed by atoms with E-state index < -0.39 is 46.2 Å². The van der Waals surface area contributed by atoms with E-state index in [1.165, 1.54) is 0 Å². The van der Waals surface area contributed by atoms with Crippen molar-refractivity contribution in [3.63, 3.8) is 0 Å². The Hall–Kier alpha value is -2.25. The quantitative estimate of drug-likeness (QED) is 0.128. The van der Waals surface area contributed by atoms with Gasteiger partial charge >= 0.3 is 11.9 Å². The predicted molar refractivity (Wildman–Crippen MR) is 118 cm³/mol. The fraction of sp³-hybridized carbons (Fsp3) is 0.667. The van der Waals surface area contributed by atoms with E-state index in [-0.39, 0.29) is 13.2 Å². The van der Waals surface area contributed by atoms with Gasteiger partial charge in [-0.25, -0.2) is 22.8 Å². The second kappa shape index (κ2) is 15.5. The van der Waals surface area contributed by atoms with Gasteiger partial charge in [0, 0.05) is 0 Å². The third-order valence-corrected chi connectivity index (χ3v) is 5.22. The van der Waals surface area contributed by atoms with E-state index in [0.29, 0.717) is 12.8 Å². The van der Waals surface area contributed by atoms with Crippen LogP contribution in [-0.2, 0) is 9.47 Å². The van der Waals surface area contributed by atoms with E-state index in [1.54, 1.807) is 0 Å². The zero-order valence-corrected chi connectivity index (χ0v) is 19.2. The molecule has 0 amide bonds. The SMILES string of the molecule is CCCCCCCCOC(=O)c1c(F)c(N)c(F)c(F)c1C(=O)OCCCCCCCC. The van der Waals surface area contributed by atoms with Crippen molar-refractivity contribution in [1.29, 1.82) is 0 Å². The summed E-state index contributed by atoms with van der Waals surface area (Å²) < 4.78 is 53.0. The molecule has 0 atom stereocenters. The average molecular weight is 460 g/mol. The Balaban J connectivity index is 2.79. The molecular formula is C24H36F3NO4. The Labute approximate surface area is 188 Å². The molecule has 0 aliphatic carbocycles. The number of unbranched alkanes of at least 4 members (excludes halogenated alkanes) is 10. The molecule has 0 saturated carbocycles. The molecule has 0 saturated heterocycles.